The van der Waals surface area contributed by atoms with Crippen LogP contribution in [-0.4, -0.2) is 22.4 Å². The second-order valence-corrected chi connectivity index (χ2v) is 9.69. The smallest absolute Gasteiger partial charge is 0.266 e. The van der Waals surface area contributed by atoms with Gasteiger partial charge in [0.25, 0.3) is 5.56 Å². The Labute approximate surface area is 211 Å². The van der Waals surface area contributed by atoms with Crippen LogP contribution in [0.5, 0.6) is 5.75 Å². The van der Waals surface area contributed by atoms with Crippen molar-refractivity contribution in [1.29, 1.82) is 0 Å². The average molecular weight is 494 g/mol. The van der Waals surface area contributed by atoms with Gasteiger partial charge in [-0.25, -0.2) is 4.98 Å². The van der Waals surface area contributed by atoms with Gasteiger partial charge in [0.05, 0.1) is 34.1 Å². The van der Waals surface area contributed by atoms with Crippen molar-refractivity contribution in [2.24, 2.45) is 0 Å². The molecule has 7 heteroatoms. The number of nitrogens with zero attached hydrogens (tertiary/aromatic N) is 2. The van der Waals surface area contributed by atoms with Gasteiger partial charge in [-0.3, -0.25) is 14.2 Å². The highest BCUT2D eigenvalue weighted by atomic mass is 32.1. The van der Waals surface area contributed by atoms with E-state index in [0.717, 1.165) is 45.4 Å². The third kappa shape index (κ3) is 3.78. The van der Waals surface area contributed by atoms with Crippen molar-refractivity contribution >= 4 is 38.7 Å². The van der Waals surface area contributed by atoms with Crippen molar-refractivity contribution in [3.05, 3.63) is 100 Å². The molecular weight excluding hydrogens is 470 g/mol. The van der Waals surface area contributed by atoms with E-state index in [4.69, 9.17) is 9.72 Å². The van der Waals surface area contributed by atoms with Crippen LogP contribution in [0.4, 0.5) is 10.7 Å². The summed E-state index contributed by atoms with van der Waals surface area (Å²) in [6.07, 6.45) is 2.05. The van der Waals surface area contributed by atoms with Crippen molar-refractivity contribution in [3.63, 3.8) is 0 Å². The highest BCUT2D eigenvalue weighted by molar-refractivity contribution is 7.20. The van der Waals surface area contributed by atoms with E-state index in [1.165, 1.54) is 11.3 Å². The molecule has 3 aromatic carbocycles. The minimum absolute atomic E-state index is 0.115. The number of aromatic nitrogens is 2. The van der Waals surface area contributed by atoms with E-state index in [1.807, 2.05) is 72.8 Å². The average Bonchev–Trinajstić information content (AvgIpc) is 3.29. The van der Waals surface area contributed by atoms with Gasteiger partial charge in [-0.15, -0.1) is 11.3 Å². The second-order valence-electron chi connectivity index (χ2n) is 8.67. The van der Waals surface area contributed by atoms with Gasteiger partial charge in [0.15, 0.2) is 11.6 Å². The molecule has 0 bridgehead atoms. The van der Waals surface area contributed by atoms with Crippen molar-refractivity contribution < 1.29 is 9.53 Å². The van der Waals surface area contributed by atoms with E-state index in [-0.39, 0.29) is 11.3 Å². The zero-order valence-corrected chi connectivity index (χ0v) is 20.5. The lowest BCUT2D eigenvalue weighted by Gasteiger charge is -2.16. The standard InChI is InChI=1S/C29H23N3O3S/c1-35-20-16-14-18(15-17-20)30-28-25-22(11-7-13-24(25)33)26(36-28)27-31-23-12-6-5-10-21(23)29(34)32(27)19-8-3-2-4-9-19/h2-6,8-10,12,14-17,30H,7,11,13H2,1H3. The number of para-hydroxylation sites is 2. The SMILES string of the molecule is COc1ccc(Nc2sc(-c3nc4ccccc4c(=O)n3-c3ccccc3)c3c2C(=O)CCC3)cc1. The molecule has 178 valence electrons. The molecule has 0 atom stereocenters. The summed E-state index contributed by atoms with van der Waals surface area (Å²) in [5.41, 5.74) is 3.77. The Balaban J connectivity index is 1.59. The predicted molar refractivity (Wildman–Crippen MR) is 144 cm³/mol. The molecule has 0 radical (unpaired) electrons. The normalized spacial score (nSPS) is 13.0. The minimum Gasteiger partial charge on any atom is -0.497 e. The van der Waals surface area contributed by atoms with Gasteiger partial charge >= 0.3 is 0 Å². The predicted octanol–water partition coefficient (Wildman–Crippen LogP) is 6.39. The first-order valence-electron chi connectivity index (χ1n) is 11.8. The number of methoxy groups -OCH3 is 1. The lowest BCUT2D eigenvalue weighted by molar-refractivity contribution is 0.0974. The summed E-state index contributed by atoms with van der Waals surface area (Å²) >= 11 is 1.48. The molecule has 36 heavy (non-hydrogen) atoms. The van der Waals surface area contributed by atoms with Crippen LogP contribution in [0.25, 0.3) is 27.3 Å². The van der Waals surface area contributed by atoms with E-state index in [2.05, 4.69) is 5.32 Å². The first-order chi connectivity index (χ1) is 17.6. The molecule has 1 aliphatic carbocycles. The summed E-state index contributed by atoms with van der Waals surface area (Å²) in [5, 5.41) is 4.78. The topological polar surface area (TPSA) is 73.2 Å². The molecule has 6 rings (SSSR count). The van der Waals surface area contributed by atoms with Gasteiger partial charge in [0.1, 0.15) is 10.8 Å². The van der Waals surface area contributed by atoms with Crippen molar-refractivity contribution in [1.82, 2.24) is 9.55 Å². The molecular formula is C29H23N3O3S. The number of fused-ring (bicyclic) bond motifs is 2. The molecule has 6 nitrogen and oxygen atoms in total. The minimum atomic E-state index is -0.129. The first-order valence-corrected chi connectivity index (χ1v) is 12.6. The highest BCUT2D eigenvalue weighted by Crippen LogP contribution is 2.44. The summed E-state index contributed by atoms with van der Waals surface area (Å²) in [5.74, 6) is 1.44. The van der Waals surface area contributed by atoms with Gasteiger partial charge < -0.3 is 10.1 Å². The van der Waals surface area contributed by atoms with Crippen LogP contribution < -0.4 is 15.6 Å². The van der Waals surface area contributed by atoms with E-state index in [1.54, 1.807) is 17.7 Å². The van der Waals surface area contributed by atoms with Crippen molar-refractivity contribution in [2.45, 2.75) is 19.3 Å². The Kier molecular flexibility index (Phi) is 5.62. The fourth-order valence-electron chi connectivity index (χ4n) is 4.73. The van der Waals surface area contributed by atoms with Gasteiger partial charge in [-0.2, -0.15) is 0 Å². The van der Waals surface area contributed by atoms with Gasteiger partial charge in [-0.05, 0) is 66.9 Å². The summed E-state index contributed by atoms with van der Waals surface area (Å²) in [4.78, 5) is 32.7. The molecule has 0 aliphatic heterocycles. The van der Waals surface area contributed by atoms with Gasteiger partial charge in [0, 0.05) is 12.1 Å². The van der Waals surface area contributed by atoms with Crippen LogP contribution in [0.1, 0.15) is 28.8 Å². The molecule has 0 spiro atoms. The molecule has 0 unspecified atom stereocenters. The molecule has 1 aliphatic rings. The van der Waals surface area contributed by atoms with Gasteiger partial charge in [-0.1, -0.05) is 30.3 Å². The fourth-order valence-corrected chi connectivity index (χ4v) is 5.99. The third-order valence-corrected chi connectivity index (χ3v) is 7.60. The number of carbonyl (C=O) groups is 1. The Morgan fingerprint density at radius 2 is 1.67 bits per heavy atom. The van der Waals surface area contributed by atoms with E-state index < -0.39 is 0 Å². The van der Waals surface area contributed by atoms with Crippen molar-refractivity contribution in [2.75, 3.05) is 12.4 Å². The zero-order valence-electron chi connectivity index (χ0n) is 19.7. The largest absolute Gasteiger partial charge is 0.497 e. The number of Topliss-reactive ketones (excluding diaryl/α,β-unsaturated/α-hetero) is 1. The number of benzene rings is 3. The molecule has 5 aromatic rings. The maximum atomic E-state index is 13.7. The number of ketones is 1. The van der Waals surface area contributed by atoms with E-state index in [0.29, 0.717) is 28.7 Å². The van der Waals surface area contributed by atoms with Crippen LogP contribution in [0.2, 0.25) is 0 Å². The monoisotopic (exact) mass is 493 g/mol. The molecule has 2 aromatic heterocycles. The Morgan fingerprint density at radius 1 is 0.917 bits per heavy atom. The third-order valence-electron chi connectivity index (χ3n) is 6.46. The number of carbonyl (C=O) groups excluding carboxylic acids is 1. The molecule has 1 N–H and O–H groups in total. The summed E-state index contributed by atoms with van der Waals surface area (Å²) in [7, 11) is 1.63. The van der Waals surface area contributed by atoms with Gasteiger partial charge in [0.2, 0.25) is 0 Å². The number of rotatable bonds is 5. The Morgan fingerprint density at radius 3 is 2.44 bits per heavy atom. The molecule has 0 fully saturated rings. The molecule has 0 amide bonds. The number of anilines is 2. The number of ether oxygens (including phenoxy) is 1. The van der Waals surface area contributed by atoms with Crippen LogP contribution in [0.3, 0.4) is 0 Å². The van der Waals surface area contributed by atoms with E-state index >= 15 is 0 Å². The quantitative estimate of drug-likeness (QED) is 0.307. The first kappa shape index (κ1) is 22.2. The molecule has 0 saturated heterocycles. The second kappa shape index (κ2) is 9.09. The summed E-state index contributed by atoms with van der Waals surface area (Å²) in [6.45, 7) is 0. The van der Waals surface area contributed by atoms with Crippen LogP contribution >= 0.6 is 11.3 Å². The lowest BCUT2D eigenvalue weighted by atomic mass is 9.91. The summed E-state index contributed by atoms with van der Waals surface area (Å²) in [6, 6.07) is 24.5. The number of hydrogen-bond donors (Lipinski definition) is 1. The highest BCUT2D eigenvalue weighted by Gasteiger charge is 2.30. The fraction of sp³-hybridized carbons (Fsp3) is 0.138. The number of nitrogens with one attached hydrogen (secondary N) is 1. The zero-order chi connectivity index (χ0) is 24.6. The maximum Gasteiger partial charge on any atom is 0.266 e. The number of thiophene rings is 1. The summed E-state index contributed by atoms with van der Waals surface area (Å²) < 4.78 is 6.94. The van der Waals surface area contributed by atoms with Crippen LogP contribution in [-0.2, 0) is 6.42 Å². The Hall–Kier alpha value is -4.23. The number of hydrogen-bond acceptors (Lipinski definition) is 6. The molecule has 2 heterocycles. The van der Waals surface area contributed by atoms with Crippen LogP contribution in [0.15, 0.2) is 83.7 Å². The van der Waals surface area contributed by atoms with Crippen LogP contribution in [0, 0.1) is 0 Å². The lowest BCUT2D eigenvalue weighted by Crippen LogP contribution is -2.22. The Bertz CT molecular complexity index is 1650. The molecule has 0 saturated carbocycles. The van der Waals surface area contributed by atoms with E-state index in [9.17, 15) is 9.59 Å². The maximum absolute atomic E-state index is 13.7. The van der Waals surface area contributed by atoms with Crippen molar-refractivity contribution in [3.8, 4) is 22.1 Å².